The van der Waals surface area contributed by atoms with Gasteiger partial charge in [-0.05, 0) is 0 Å². The van der Waals surface area contributed by atoms with Crippen molar-refractivity contribution in [1.29, 1.82) is 0 Å². The molecule has 0 amide bonds. The second-order valence-corrected chi connectivity index (χ2v) is 5.14. The van der Waals surface area contributed by atoms with E-state index in [0.717, 1.165) is 0 Å². The van der Waals surface area contributed by atoms with Crippen LogP contribution in [0.15, 0.2) is 30.3 Å². The molecule has 1 heterocycles. The van der Waals surface area contributed by atoms with Gasteiger partial charge in [-0.1, -0.05) is 30.3 Å². The molecule has 0 unspecified atom stereocenters. The average molecular weight is 302 g/mol. The largest absolute Gasteiger partial charge is 0.443 e. The quantitative estimate of drug-likeness (QED) is 0.835. The normalized spacial score (nSPS) is 11.8. The van der Waals surface area contributed by atoms with Gasteiger partial charge >= 0.3 is 6.18 Å². The third kappa shape index (κ3) is 3.56. The Morgan fingerprint density at radius 3 is 2.50 bits per heavy atom. The number of halogens is 3. The number of benzene rings is 1. The second-order valence-electron chi connectivity index (χ2n) is 4.05. The maximum Gasteiger partial charge on any atom is 0.443 e. The first-order valence-corrected chi connectivity index (χ1v) is 6.78. The molecule has 0 saturated heterocycles. The first-order chi connectivity index (χ1) is 9.52. The molecule has 1 aromatic heterocycles. The van der Waals surface area contributed by atoms with Crippen LogP contribution in [0, 0.1) is 0 Å². The SMILES string of the molecule is OCCNCc1sc(C(F)(F)F)nc1-c1ccccc1. The lowest BCUT2D eigenvalue weighted by Gasteiger charge is -2.03. The zero-order valence-corrected chi connectivity index (χ0v) is 11.3. The maximum atomic E-state index is 12.8. The zero-order valence-electron chi connectivity index (χ0n) is 10.4. The maximum absolute atomic E-state index is 12.8. The van der Waals surface area contributed by atoms with Gasteiger partial charge in [0.2, 0.25) is 0 Å². The Morgan fingerprint density at radius 2 is 1.90 bits per heavy atom. The first kappa shape index (κ1) is 15.0. The lowest BCUT2D eigenvalue weighted by atomic mass is 10.1. The zero-order chi connectivity index (χ0) is 14.6. The van der Waals surface area contributed by atoms with Crippen molar-refractivity contribution < 1.29 is 18.3 Å². The molecule has 0 aliphatic carbocycles. The molecule has 108 valence electrons. The van der Waals surface area contributed by atoms with E-state index in [4.69, 9.17) is 5.11 Å². The summed E-state index contributed by atoms with van der Waals surface area (Å²) >= 11 is 0.631. The Labute approximate surface area is 118 Å². The molecule has 0 bridgehead atoms. The van der Waals surface area contributed by atoms with Crippen LogP contribution in [0.2, 0.25) is 0 Å². The minimum atomic E-state index is -4.44. The Morgan fingerprint density at radius 1 is 1.20 bits per heavy atom. The molecule has 0 aliphatic rings. The van der Waals surface area contributed by atoms with Crippen molar-refractivity contribution in [2.45, 2.75) is 12.7 Å². The van der Waals surface area contributed by atoms with Gasteiger partial charge < -0.3 is 10.4 Å². The van der Waals surface area contributed by atoms with Gasteiger partial charge in [0.05, 0.1) is 12.3 Å². The Bertz CT molecular complexity index is 554. The highest BCUT2D eigenvalue weighted by atomic mass is 32.1. The summed E-state index contributed by atoms with van der Waals surface area (Å²) < 4.78 is 38.3. The Hall–Kier alpha value is -1.44. The summed E-state index contributed by atoms with van der Waals surface area (Å²) in [6, 6.07) is 8.76. The minimum Gasteiger partial charge on any atom is -0.395 e. The predicted octanol–water partition coefficient (Wildman–Crippen LogP) is 2.91. The van der Waals surface area contributed by atoms with Gasteiger partial charge in [-0.15, -0.1) is 11.3 Å². The number of thiazole rings is 1. The van der Waals surface area contributed by atoms with E-state index >= 15 is 0 Å². The monoisotopic (exact) mass is 302 g/mol. The molecule has 1 aromatic carbocycles. The number of aliphatic hydroxyl groups is 1. The average Bonchev–Trinajstić information content (AvgIpc) is 2.84. The molecule has 0 atom stereocenters. The molecular formula is C13H13F3N2OS. The van der Waals surface area contributed by atoms with E-state index in [1.807, 2.05) is 0 Å². The summed E-state index contributed by atoms with van der Waals surface area (Å²) in [5.41, 5.74) is 0.994. The fourth-order valence-electron chi connectivity index (χ4n) is 1.70. The van der Waals surface area contributed by atoms with Crippen molar-refractivity contribution >= 4 is 11.3 Å². The lowest BCUT2D eigenvalue weighted by Crippen LogP contribution is -2.17. The van der Waals surface area contributed by atoms with Gasteiger partial charge in [0, 0.05) is 23.5 Å². The van der Waals surface area contributed by atoms with Crippen molar-refractivity contribution in [1.82, 2.24) is 10.3 Å². The number of rotatable bonds is 5. The van der Waals surface area contributed by atoms with Crippen LogP contribution in [0.3, 0.4) is 0 Å². The molecule has 20 heavy (non-hydrogen) atoms. The van der Waals surface area contributed by atoms with Crippen LogP contribution in [0.1, 0.15) is 9.88 Å². The molecule has 0 aliphatic heterocycles. The summed E-state index contributed by atoms with van der Waals surface area (Å²) in [5, 5.41) is 10.7. The second kappa shape index (κ2) is 6.34. The van der Waals surface area contributed by atoms with Gasteiger partial charge in [-0.2, -0.15) is 13.2 Å². The van der Waals surface area contributed by atoms with Crippen molar-refractivity contribution in [3.05, 3.63) is 40.2 Å². The molecule has 2 rings (SSSR count). The van der Waals surface area contributed by atoms with E-state index in [-0.39, 0.29) is 13.2 Å². The topological polar surface area (TPSA) is 45.1 Å². The fraction of sp³-hybridized carbons (Fsp3) is 0.308. The molecule has 7 heteroatoms. The number of hydrogen-bond donors (Lipinski definition) is 2. The highest BCUT2D eigenvalue weighted by Crippen LogP contribution is 2.37. The number of aromatic nitrogens is 1. The summed E-state index contributed by atoms with van der Waals surface area (Å²) in [6.45, 7) is 0.512. The van der Waals surface area contributed by atoms with Crippen LogP contribution in [0.25, 0.3) is 11.3 Å². The third-order valence-corrected chi connectivity index (χ3v) is 3.66. The summed E-state index contributed by atoms with van der Waals surface area (Å²) in [6.07, 6.45) is -4.44. The third-order valence-electron chi connectivity index (χ3n) is 2.56. The number of hydrogen-bond acceptors (Lipinski definition) is 4. The standard InChI is InChI=1S/C13H13F3N2OS/c14-13(15,16)12-18-11(9-4-2-1-3-5-9)10(20-12)8-17-6-7-19/h1-5,17,19H,6-8H2. The van der Waals surface area contributed by atoms with Crippen LogP contribution in [0.5, 0.6) is 0 Å². The number of nitrogens with one attached hydrogen (secondary N) is 1. The van der Waals surface area contributed by atoms with E-state index < -0.39 is 11.2 Å². The molecule has 0 radical (unpaired) electrons. The van der Waals surface area contributed by atoms with Crippen LogP contribution >= 0.6 is 11.3 Å². The Kier molecular flexibility index (Phi) is 4.74. The first-order valence-electron chi connectivity index (χ1n) is 5.96. The summed E-state index contributed by atoms with van der Waals surface area (Å²) in [4.78, 5) is 4.23. The van der Waals surface area contributed by atoms with Crippen molar-refractivity contribution in [3.63, 3.8) is 0 Å². The molecule has 3 nitrogen and oxygen atoms in total. The van der Waals surface area contributed by atoms with E-state index in [1.165, 1.54) is 0 Å². The van der Waals surface area contributed by atoms with Crippen molar-refractivity contribution in [2.75, 3.05) is 13.2 Å². The van der Waals surface area contributed by atoms with E-state index in [2.05, 4.69) is 10.3 Å². The van der Waals surface area contributed by atoms with Crippen LogP contribution in [-0.2, 0) is 12.7 Å². The minimum absolute atomic E-state index is 0.0639. The molecule has 0 fully saturated rings. The molecule has 2 aromatic rings. The Balaban J connectivity index is 2.35. The number of nitrogens with zero attached hydrogens (tertiary/aromatic N) is 1. The molecule has 0 saturated carbocycles. The lowest BCUT2D eigenvalue weighted by molar-refractivity contribution is -0.137. The van der Waals surface area contributed by atoms with E-state index in [0.29, 0.717) is 34.0 Å². The van der Waals surface area contributed by atoms with Gasteiger partial charge in [0.25, 0.3) is 0 Å². The van der Waals surface area contributed by atoms with Crippen molar-refractivity contribution in [2.24, 2.45) is 0 Å². The van der Waals surface area contributed by atoms with Crippen molar-refractivity contribution in [3.8, 4) is 11.3 Å². The fourth-order valence-corrected chi connectivity index (χ4v) is 2.62. The molecular weight excluding hydrogens is 289 g/mol. The van der Waals surface area contributed by atoms with Crippen LogP contribution in [0.4, 0.5) is 13.2 Å². The summed E-state index contributed by atoms with van der Waals surface area (Å²) in [5.74, 6) is 0. The van der Waals surface area contributed by atoms with Gasteiger partial charge in [-0.25, -0.2) is 4.98 Å². The van der Waals surface area contributed by atoms with E-state index in [9.17, 15) is 13.2 Å². The van der Waals surface area contributed by atoms with Gasteiger partial charge in [0.15, 0.2) is 5.01 Å². The van der Waals surface area contributed by atoms with Crippen LogP contribution in [-0.4, -0.2) is 23.2 Å². The van der Waals surface area contributed by atoms with Crippen LogP contribution < -0.4 is 5.32 Å². The highest BCUT2D eigenvalue weighted by Gasteiger charge is 2.36. The summed E-state index contributed by atoms with van der Waals surface area (Å²) in [7, 11) is 0. The molecule has 0 spiro atoms. The van der Waals surface area contributed by atoms with Gasteiger partial charge in [-0.3, -0.25) is 0 Å². The number of alkyl halides is 3. The van der Waals surface area contributed by atoms with E-state index in [1.54, 1.807) is 30.3 Å². The molecule has 2 N–H and O–H groups in total. The highest BCUT2D eigenvalue weighted by molar-refractivity contribution is 7.12. The van der Waals surface area contributed by atoms with Gasteiger partial charge in [0.1, 0.15) is 0 Å². The predicted molar refractivity (Wildman–Crippen MR) is 71.3 cm³/mol. The number of aliphatic hydroxyl groups excluding tert-OH is 1. The smallest absolute Gasteiger partial charge is 0.395 e.